The number of phenols is 1. The summed E-state index contributed by atoms with van der Waals surface area (Å²) in [7, 11) is 1.50. The number of cyclic esters (lactones) is 1. The van der Waals surface area contributed by atoms with Crippen LogP contribution in [0, 0.1) is 0 Å². The maximum Gasteiger partial charge on any atom is 0.323 e. The Morgan fingerprint density at radius 3 is 3.06 bits per heavy atom. The molecule has 1 atom stereocenters. The van der Waals surface area contributed by atoms with Gasteiger partial charge in [-0.3, -0.25) is 4.79 Å². The highest BCUT2D eigenvalue weighted by Crippen LogP contribution is 2.26. The summed E-state index contributed by atoms with van der Waals surface area (Å²) in [5, 5.41) is 12.5. The van der Waals surface area contributed by atoms with Crippen LogP contribution >= 0.6 is 0 Å². The normalized spacial score (nSPS) is 19.1. The first-order valence-electron chi connectivity index (χ1n) is 5.46. The van der Waals surface area contributed by atoms with Gasteiger partial charge < -0.3 is 19.9 Å². The molecule has 0 aliphatic carbocycles. The summed E-state index contributed by atoms with van der Waals surface area (Å²) in [4.78, 5) is 11.2. The molecule has 0 spiro atoms. The number of methoxy groups -OCH3 is 1. The van der Waals surface area contributed by atoms with Crippen LogP contribution in [-0.4, -0.2) is 30.8 Å². The van der Waals surface area contributed by atoms with Crippen molar-refractivity contribution in [3.63, 3.8) is 0 Å². The van der Waals surface area contributed by atoms with Crippen molar-refractivity contribution in [2.24, 2.45) is 0 Å². The van der Waals surface area contributed by atoms with Crippen LogP contribution in [0.15, 0.2) is 18.2 Å². The van der Waals surface area contributed by atoms with Gasteiger partial charge in [0.2, 0.25) is 0 Å². The topological polar surface area (TPSA) is 67.8 Å². The van der Waals surface area contributed by atoms with E-state index in [1.807, 2.05) is 0 Å². The molecule has 5 heteroatoms. The highest BCUT2D eigenvalue weighted by Gasteiger charge is 2.25. The minimum Gasteiger partial charge on any atom is -0.504 e. The molecule has 92 valence electrons. The predicted octanol–water partition coefficient (Wildman–Crippen LogP) is 0.806. The Morgan fingerprint density at radius 1 is 1.59 bits per heavy atom. The highest BCUT2D eigenvalue weighted by atomic mass is 16.5. The van der Waals surface area contributed by atoms with Gasteiger partial charge in [-0.05, 0) is 17.7 Å². The molecule has 1 aliphatic rings. The van der Waals surface area contributed by atoms with Gasteiger partial charge >= 0.3 is 5.97 Å². The first-order chi connectivity index (χ1) is 8.20. The Kier molecular flexibility index (Phi) is 3.49. The summed E-state index contributed by atoms with van der Waals surface area (Å²) >= 11 is 0. The maximum absolute atomic E-state index is 11.2. The lowest BCUT2D eigenvalue weighted by Gasteiger charge is -2.10. The van der Waals surface area contributed by atoms with E-state index in [4.69, 9.17) is 9.47 Å². The molecule has 0 saturated carbocycles. The molecule has 1 aromatic carbocycles. The standard InChI is InChI=1S/C12H15NO4/c1-16-11-6-8(2-3-10(11)14)7-13-9-4-5-17-12(9)15/h2-3,6,9,13-14H,4-5,7H2,1H3. The summed E-state index contributed by atoms with van der Waals surface area (Å²) in [6.45, 7) is 1.02. The molecule has 0 aromatic heterocycles. The first kappa shape index (κ1) is 11.7. The van der Waals surface area contributed by atoms with Crippen molar-refractivity contribution in [2.75, 3.05) is 13.7 Å². The van der Waals surface area contributed by atoms with Crippen LogP contribution in [0.2, 0.25) is 0 Å². The lowest BCUT2D eigenvalue weighted by Crippen LogP contribution is -2.32. The zero-order chi connectivity index (χ0) is 12.3. The molecular formula is C12H15NO4. The van der Waals surface area contributed by atoms with Crippen LogP contribution in [0.1, 0.15) is 12.0 Å². The van der Waals surface area contributed by atoms with Gasteiger partial charge in [0.25, 0.3) is 0 Å². The fraction of sp³-hybridized carbons (Fsp3) is 0.417. The van der Waals surface area contributed by atoms with Crippen LogP contribution < -0.4 is 10.1 Å². The Labute approximate surface area is 99.3 Å². The minimum absolute atomic E-state index is 0.108. The van der Waals surface area contributed by atoms with Gasteiger partial charge in [0.1, 0.15) is 6.04 Å². The van der Waals surface area contributed by atoms with Crippen LogP contribution in [0.25, 0.3) is 0 Å². The third-order valence-electron chi connectivity index (χ3n) is 2.73. The van der Waals surface area contributed by atoms with E-state index < -0.39 is 0 Å². The Bertz CT molecular complexity index is 419. The molecule has 17 heavy (non-hydrogen) atoms. The zero-order valence-electron chi connectivity index (χ0n) is 9.60. The van der Waals surface area contributed by atoms with E-state index in [2.05, 4.69) is 5.32 Å². The number of benzene rings is 1. The van der Waals surface area contributed by atoms with E-state index in [-0.39, 0.29) is 17.8 Å². The van der Waals surface area contributed by atoms with E-state index in [0.29, 0.717) is 25.3 Å². The van der Waals surface area contributed by atoms with Crippen molar-refractivity contribution in [3.05, 3.63) is 23.8 Å². The molecule has 5 nitrogen and oxygen atoms in total. The number of phenolic OH excluding ortho intramolecular Hbond substituents is 1. The van der Waals surface area contributed by atoms with Crippen LogP contribution in [0.3, 0.4) is 0 Å². The number of hydrogen-bond donors (Lipinski definition) is 2. The van der Waals surface area contributed by atoms with Gasteiger partial charge in [-0.15, -0.1) is 0 Å². The Hall–Kier alpha value is -1.75. The van der Waals surface area contributed by atoms with E-state index in [9.17, 15) is 9.90 Å². The van der Waals surface area contributed by atoms with E-state index in [1.165, 1.54) is 7.11 Å². The SMILES string of the molecule is COc1cc(CNC2CCOC2=O)ccc1O. The summed E-state index contributed by atoms with van der Waals surface area (Å²) in [5.41, 5.74) is 0.944. The van der Waals surface area contributed by atoms with Crippen molar-refractivity contribution in [1.82, 2.24) is 5.32 Å². The number of aromatic hydroxyl groups is 1. The van der Waals surface area contributed by atoms with Gasteiger partial charge in [-0.25, -0.2) is 0 Å². The number of nitrogens with one attached hydrogen (secondary N) is 1. The van der Waals surface area contributed by atoms with Gasteiger partial charge in [-0.1, -0.05) is 6.07 Å². The minimum atomic E-state index is -0.227. The second-order valence-corrected chi connectivity index (χ2v) is 3.90. The maximum atomic E-state index is 11.2. The van der Waals surface area contributed by atoms with Crippen LogP contribution in [-0.2, 0) is 16.1 Å². The smallest absolute Gasteiger partial charge is 0.323 e. The number of carbonyl (C=O) groups excluding carboxylic acids is 1. The zero-order valence-corrected chi connectivity index (χ0v) is 9.60. The van der Waals surface area contributed by atoms with Gasteiger partial charge in [0, 0.05) is 13.0 Å². The van der Waals surface area contributed by atoms with Gasteiger partial charge in [-0.2, -0.15) is 0 Å². The number of rotatable bonds is 4. The van der Waals surface area contributed by atoms with Crippen molar-refractivity contribution >= 4 is 5.97 Å². The average Bonchev–Trinajstić information content (AvgIpc) is 2.74. The summed E-state index contributed by atoms with van der Waals surface area (Å²) in [5.74, 6) is 0.338. The second-order valence-electron chi connectivity index (χ2n) is 3.90. The molecule has 0 amide bonds. The second kappa shape index (κ2) is 5.05. The number of hydrogen-bond acceptors (Lipinski definition) is 5. The third kappa shape index (κ3) is 2.68. The molecule has 1 saturated heterocycles. The molecule has 0 radical (unpaired) electrons. The quantitative estimate of drug-likeness (QED) is 0.758. The van der Waals surface area contributed by atoms with Crippen LogP contribution in [0.5, 0.6) is 11.5 Å². The highest BCUT2D eigenvalue weighted by molar-refractivity contribution is 5.77. The van der Waals surface area contributed by atoms with Gasteiger partial charge in [0.05, 0.1) is 13.7 Å². The van der Waals surface area contributed by atoms with Crippen LogP contribution in [0.4, 0.5) is 0 Å². The monoisotopic (exact) mass is 237 g/mol. The van der Waals surface area contributed by atoms with E-state index in [0.717, 1.165) is 5.56 Å². The van der Waals surface area contributed by atoms with Crippen molar-refractivity contribution < 1.29 is 19.4 Å². The molecule has 1 fully saturated rings. The Morgan fingerprint density at radius 2 is 2.41 bits per heavy atom. The van der Waals surface area contributed by atoms with Crippen molar-refractivity contribution in [3.8, 4) is 11.5 Å². The summed E-state index contributed by atoms with van der Waals surface area (Å²) < 4.78 is 9.86. The molecule has 1 aliphatic heterocycles. The largest absolute Gasteiger partial charge is 0.504 e. The van der Waals surface area contributed by atoms with Gasteiger partial charge in [0.15, 0.2) is 11.5 Å². The number of esters is 1. The fourth-order valence-electron chi connectivity index (χ4n) is 1.75. The average molecular weight is 237 g/mol. The molecule has 2 rings (SSSR count). The fourth-order valence-corrected chi connectivity index (χ4v) is 1.75. The van der Waals surface area contributed by atoms with E-state index in [1.54, 1.807) is 18.2 Å². The molecular weight excluding hydrogens is 222 g/mol. The summed E-state index contributed by atoms with van der Waals surface area (Å²) in [6.07, 6.45) is 0.702. The summed E-state index contributed by atoms with van der Waals surface area (Å²) in [6, 6.07) is 4.87. The molecule has 2 N–H and O–H groups in total. The van der Waals surface area contributed by atoms with Crippen molar-refractivity contribution in [2.45, 2.75) is 19.0 Å². The molecule has 1 heterocycles. The predicted molar refractivity (Wildman–Crippen MR) is 60.9 cm³/mol. The van der Waals surface area contributed by atoms with E-state index >= 15 is 0 Å². The lowest BCUT2D eigenvalue weighted by molar-refractivity contribution is -0.139. The third-order valence-corrected chi connectivity index (χ3v) is 2.73. The molecule has 1 aromatic rings. The van der Waals surface area contributed by atoms with Crippen molar-refractivity contribution in [1.29, 1.82) is 0 Å². The number of carbonyl (C=O) groups is 1. The lowest BCUT2D eigenvalue weighted by atomic mass is 10.1. The molecule has 0 bridgehead atoms. The number of ether oxygens (including phenoxy) is 2. The first-order valence-corrected chi connectivity index (χ1v) is 5.46. The Balaban J connectivity index is 1.97. The molecule has 1 unspecified atom stereocenters.